The van der Waals surface area contributed by atoms with Gasteiger partial charge in [-0.3, -0.25) is 0 Å². The van der Waals surface area contributed by atoms with Crippen LogP contribution in [-0.2, 0) is 15.6 Å². The molecule has 2 aromatic carbocycles. The number of nitrogens with two attached hydrogens (primary N) is 1. The average molecular weight is 275 g/mol. The van der Waals surface area contributed by atoms with Crippen LogP contribution in [0.15, 0.2) is 47.4 Å². The second kappa shape index (κ2) is 5.05. The summed E-state index contributed by atoms with van der Waals surface area (Å²) in [4.78, 5) is 0.207. The third kappa shape index (κ3) is 3.15. The van der Waals surface area contributed by atoms with Crippen molar-refractivity contribution in [3.63, 3.8) is 0 Å². The van der Waals surface area contributed by atoms with Gasteiger partial charge in [0, 0.05) is 0 Å². The van der Waals surface area contributed by atoms with Crippen LogP contribution in [0.3, 0.4) is 0 Å². The molecular formula is C15H17NO2S. The Kier molecular flexibility index (Phi) is 3.62. The second-order valence-electron chi connectivity index (χ2n) is 4.79. The fraction of sp³-hybridized carbons (Fsp3) is 0.200. The Bertz CT molecular complexity index is 689. The van der Waals surface area contributed by atoms with E-state index in [9.17, 15) is 8.42 Å². The Morgan fingerprint density at radius 2 is 1.53 bits per heavy atom. The monoisotopic (exact) mass is 275 g/mol. The topological polar surface area (TPSA) is 60.2 Å². The van der Waals surface area contributed by atoms with Gasteiger partial charge < -0.3 is 5.73 Å². The van der Waals surface area contributed by atoms with Gasteiger partial charge in [0.1, 0.15) is 0 Å². The molecule has 0 atom stereocenters. The van der Waals surface area contributed by atoms with E-state index in [2.05, 4.69) is 0 Å². The first kappa shape index (κ1) is 13.6. The van der Waals surface area contributed by atoms with E-state index in [0.717, 1.165) is 16.7 Å². The van der Waals surface area contributed by atoms with Crippen molar-refractivity contribution in [1.29, 1.82) is 0 Å². The van der Waals surface area contributed by atoms with E-state index in [1.807, 2.05) is 38.1 Å². The lowest BCUT2D eigenvalue weighted by atomic mass is 10.2. The smallest absolute Gasteiger partial charge is 0.184 e. The molecule has 2 N–H and O–H groups in total. The molecule has 0 bridgehead atoms. The van der Waals surface area contributed by atoms with Gasteiger partial charge in [0.15, 0.2) is 9.84 Å². The summed E-state index contributed by atoms with van der Waals surface area (Å²) in [5, 5.41) is 0. The summed E-state index contributed by atoms with van der Waals surface area (Å²) in [6, 6.07) is 12.5. The quantitative estimate of drug-likeness (QED) is 0.876. The van der Waals surface area contributed by atoms with Crippen molar-refractivity contribution in [1.82, 2.24) is 0 Å². The molecule has 0 amide bonds. The summed E-state index contributed by atoms with van der Waals surface area (Å²) in [5.74, 6) is -0.0272. The van der Waals surface area contributed by atoms with Crippen LogP contribution in [0.5, 0.6) is 0 Å². The van der Waals surface area contributed by atoms with Crippen molar-refractivity contribution < 1.29 is 8.42 Å². The number of rotatable bonds is 3. The molecule has 0 fully saturated rings. The lowest BCUT2D eigenvalue weighted by molar-refractivity contribution is 0.595. The van der Waals surface area contributed by atoms with E-state index in [4.69, 9.17) is 5.73 Å². The van der Waals surface area contributed by atoms with Crippen molar-refractivity contribution in [2.45, 2.75) is 24.5 Å². The van der Waals surface area contributed by atoms with Crippen molar-refractivity contribution in [2.75, 3.05) is 5.73 Å². The molecule has 0 aromatic heterocycles. The zero-order valence-electron chi connectivity index (χ0n) is 11.1. The minimum Gasteiger partial charge on any atom is -0.398 e. The molecule has 0 spiro atoms. The molecule has 0 saturated heterocycles. The summed E-state index contributed by atoms with van der Waals surface area (Å²) in [7, 11) is -3.40. The fourth-order valence-corrected chi connectivity index (χ4v) is 3.41. The normalized spacial score (nSPS) is 11.5. The maximum Gasteiger partial charge on any atom is 0.184 e. The van der Waals surface area contributed by atoms with Crippen LogP contribution < -0.4 is 5.73 Å². The Balaban J connectivity index is 2.35. The SMILES string of the molecule is Cc1ccc(CS(=O)(=O)c2ccc(C)cc2N)cc1. The zero-order valence-corrected chi connectivity index (χ0v) is 11.9. The number of hydrogen-bond donors (Lipinski definition) is 1. The molecule has 0 aliphatic heterocycles. The summed E-state index contributed by atoms with van der Waals surface area (Å²) < 4.78 is 24.7. The first-order chi connectivity index (χ1) is 8.88. The highest BCUT2D eigenvalue weighted by Crippen LogP contribution is 2.23. The molecule has 4 heteroatoms. The van der Waals surface area contributed by atoms with E-state index < -0.39 is 9.84 Å². The van der Waals surface area contributed by atoms with Crippen molar-refractivity contribution >= 4 is 15.5 Å². The van der Waals surface area contributed by atoms with E-state index in [-0.39, 0.29) is 10.6 Å². The average Bonchev–Trinajstić information content (AvgIpc) is 2.31. The van der Waals surface area contributed by atoms with Gasteiger partial charge in [0.2, 0.25) is 0 Å². The van der Waals surface area contributed by atoms with Gasteiger partial charge in [-0.05, 0) is 37.1 Å². The lowest BCUT2D eigenvalue weighted by Gasteiger charge is -2.08. The molecule has 3 nitrogen and oxygen atoms in total. The molecule has 2 rings (SSSR count). The zero-order chi connectivity index (χ0) is 14.0. The van der Waals surface area contributed by atoms with E-state index >= 15 is 0 Å². The van der Waals surface area contributed by atoms with Gasteiger partial charge in [-0.2, -0.15) is 0 Å². The predicted molar refractivity (Wildman–Crippen MR) is 77.7 cm³/mol. The summed E-state index contributed by atoms with van der Waals surface area (Å²) in [6.07, 6.45) is 0. The van der Waals surface area contributed by atoms with Crippen molar-refractivity contribution in [3.05, 3.63) is 59.2 Å². The lowest BCUT2D eigenvalue weighted by Crippen LogP contribution is -2.08. The molecule has 19 heavy (non-hydrogen) atoms. The van der Waals surface area contributed by atoms with Gasteiger partial charge in [-0.1, -0.05) is 35.9 Å². The number of anilines is 1. The van der Waals surface area contributed by atoms with Crippen LogP contribution in [0, 0.1) is 13.8 Å². The van der Waals surface area contributed by atoms with Crippen LogP contribution in [-0.4, -0.2) is 8.42 Å². The molecule has 100 valence electrons. The highest BCUT2D eigenvalue weighted by molar-refractivity contribution is 7.90. The number of benzene rings is 2. The van der Waals surface area contributed by atoms with E-state index in [1.54, 1.807) is 18.2 Å². The minimum absolute atomic E-state index is 0.0272. The standard InChI is InChI=1S/C15H17NO2S/c1-11-3-6-13(7-4-11)10-19(17,18)15-8-5-12(2)9-14(15)16/h3-9H,10,16H2,1-2H3. The van der Waals surface area contributed by atoms with E-state index in [1.165, 1.54) is 0 Å². The molecule has 0 unspecified atom stereocenters. The van der Waals surface area contributed by atoms with E-state index in [0.29, 0.717) is 5.69 Å². The number of sulfone groups is 1. The first-order valence-corrected chi connectivity index (χ1v) is 7.68. The van der Waals surface area contributed by atoms with Gasteiger partial charge in [0.05, 0.1) is 16.3 Å². The van der Waals surface area contributed by atoms with Crippen LogP contribution in [0.25, 0.3) is 0 Å². The van der Waals surface area contributed by atoms with Crippen LogP contribution >= 0.6 is 0 Å². The maximum absolute atomic E-state index is 12.3. The molecule has 0 radical (unpaired) electrons. The predicted octanol–water partition coefficient (Wildman–Crippen LogP) is 2.86. The number of hydrogen-bond acceptors (Lipinski definition) is 3. The first-order valence-electron chi connectivity index (χ1n) is 6.03. The molecule has 0 aliphatic carbocycles. The van der Waals surface area contributed by atoms with Crippen LogP contribution in [0.1, 0.15) is 16.7 Å². The Morgan fingerprint density at radius 1 is 0.947 bits per heavy atom. The largest absolute Gasteiger partial charge is 0.398 e. The molecule has 2 aromatic rings. The van der Waals surface area contributed by atoms with Gasteiger partial charge in [-0.15, -0.1) is 0 Å². The Morgan fingerprint density at radius 3 is 2.11 bits per heavy atom. The summed E-state index contributed by atoms with van der Waals surface area (Å²) >= 11 is 0. The fourth-order valence-electron chi connectivity index (χ4n) is 1.93. The molecular weight excluding hydrogens is 258 g/mol. The number of aryl methyl sites for hydroxylation is 2. The second-order valence-corrected chi connectivity index (χ2v) is 6.74. The van der Waals surface area contributed by atoms with Crippen molar-refractivity contribution in [3.8, 4) is 0 Å². The highest BCUT2D eigenvalue weighted by atomic mass is 32.2. The maximum atomic E-state index is 12.3. The van der Waals surface area contributed by atoms with Gasteiger partial charge in [0.25, 0.3) is 0 Å². The van der Waals surface area contributed by atoms with Crippen LogP contribution in [0.4, 0.5) is 5.69 Å². The third-order valence-corrected chi connectivity index (χ3v) is 4.73. The number of nitrogen functional groups attached to an aromatic ring is 1. The summed E-state index contributed by atoms with van der Waals surface area (Å²) in [5.41, 5.74) is 8.95. The van der Waals surface area contributed by atoms with Crippen molar-refractivity contribution in [2.24, 2.45) is 0 Å². The third-order valence-electron chi connectivity index (χ3n) is 2.98. The molecule has 0 aliphatic rings. The van der Waals surface area contributed by atoms with Crippen LogP contribution in [0.2, 0.25) is 0 Å². The highest BCUT2D eigenvalue weighted by Gasteiger charge is 2.18. The Labute approximate surface area is 114 Å². The Hall–Kier alpha value is -1.81. The van der Waals surface area contributed by atoms with Gasteiger partial charge in [-0.25, -0.2) is 8.42 Å². The van der Waals surface area contributed by atoms with Gasteiger partial charge >= 0.3 is 0 Å². The minimum atomic E-state index is -3.40. The molecule has 0 saturated carbocycles. The molecule has 0 heterocycles. The summed E-state index contributed by atoms with van der Waals surface area (Å²) in [6.45, 7) is 3.85.